The number of carbonyl (C=O) groups excluding carboxylic acids is 1. The number of hydrogen-bond donors (Lipinski definition) is 0. The van der Waals surface area contributed by atoms with Gasteiger partial charge in [0.1, 0.15) is 0 Å². The Bertz CT molecular complexity index is 1370. The molecule has 0 atom stereocenters. The van der Waals surface area contributed by atoms with E-state index in [-0.39, 0.29) is 11.6 Å². The lowest BCUT2D eigenvalue weighted by Gasteiger charge is -2.12. The number of benzene rings is 3. The molecule has 0 aliphatic heterocycles. The molecule has 0 aliphatic rings. The zero-order valence-electron chi connectivity index (χ0n) is 18.9. The number of non-ortho nitro benzene ring substituents is 1. The minimum absolute atomic E-state index is 0.00685. The van der Waals surface area contributed by atoms with Crippen LogP contribution in [0.2, 0.25) is 0 Å². The van der Waals surface area contributed by atoms with Crippen molar-refractivity contribution in [1.82, 2.24) is 9.55 Å². The molecule has 4 rings (SSSR count). The number of rotatable bonds is 6. The van der Waals surface area contributed by atoms with Crippen LogP contribution in [-0.4, -0.2) is 20.4 Å². The van der Waals surface area contributed by atoms with Crippen molar-refractivity contribution in [2.45, 2.75) is 31.7 Å². The lowest BCUT2D eigenvalue weighted by Crippen LogP contribution is -2.13. The van der Waals surface area contributed by atoms with E-state index in [0.29, 0.717) is 32.2 Å². The Morgan fingerprint density at radius 2 is 1.71 bits per heavy atom. The van der Waals surface area contributed by atoms with Crippen molar-refractivity contribution in [3.63, 3.8) is 0 Å². The van der Waals surface area contributed by atoms with Crippen molar-refractivity contribution in [3.05, 3.63) is 109 Å². The van der Waals surface area contributed by atoms with E-state index in [1.165, 1.54) is 46.1 Å². The Kier molecular flexibility index (Phi) is 7.00. The highest BCUT2D eigenvalue weighted by Gasteiger charge is 2.20. The van der Waals surface area contributed by atoms with Gasteiger partial charge in [-0.05, 0) is 77.7 Å². The number of halogens is 1. The maximum Gasteiger partial charge on any atom is 0.269 e. The summed E-state index contributed by atoms with van der Waals surface area (Å²) >= 11 is 4.96. The van der Waals surface area contributed by atoms with Gasteiger partial charge >= 0.3 is 0 Å². The van der Waals surface area contributed by atoms with Crippen LogP contribution >= 0.6 is 27.7 Å². The van der Waals surface area contributed by atoms with Crippen LogP contribution in [0.15, 0.2) is 76.5 Å². The third-order valence-corrected chi connectivity index (χ3v) is 7.23. The van der Waals surface area contributed by atoms with Crippen LogP contribution in [0.25, 0.3) is 11.3 Å². The Labute approximate surface area is 210 Å². The molecule has 4 aromatic rings. The normalized spacial score (nSPS) is 10.9. The molecule has 0 unspecified atom stereocenters. The molecule has 0 spiro atoms. The molecule has 0 fully saturated rings. The van der Waals surface area contributed by atoms with Gasteiger partial charge in [0.25, 0.3) is 11.6 Å². The topological polar surface area (TPSA) is 78.0 Å². The number of hydrogen-bond acceptors (Lipinski definition) is 5. The van der Waals surface area contributed by atoms with Crippen LogP contribution in [0.1, 0.15) is 32.6 Å². The number of aryl methyl sites for hydroxylation is 3. The summed E-state index contributed by atoms with van der Waals surface area (Å²) in [6.07, 6.45) is 1.69. The number of aromatic nitrogens is 2. The number of imidazole rings is 1. The second kappa shape index (κ2) is 9.95. The molecule has 0 amide bonds. The smallest absolute Gasteiger partial charge is 0.268 e. The van der Waals surface area contributed by atoms with Gasteiger partial charge in [-0.1, -0.05) is 41.6 Å². The summed E-state index contributed by atoms with van der Waals surface area (Å²) in [7, 11) is 0. The van der Waals surface area contributed by atoms with Gasteiger partial charge in [-0.3, -0.25) is 19.5 Å². The van der Waals surface area contributed by atoms with Gasteiger partial charge in [0.2, 0.25) is 0 Å². The molecule has 0 aliphatic carbocycles. The molecule has 3 aromatic carbocycles. The molecule has 1 aromatic heterocycles. The number of nitrogens with zero attached hydrogens (tertiary/aromatic N) is 3. The number of nitro benzene ring substituents is 1. The van der Waals surface area contributed by atoms with Gasteiger partial charge in [0.05, 0.1) is 16.2 Å². The fourth-order valence-electron chi connectivity index (χ4n) is 3.84. The highest BCUT2D eigenvalue weighted by atomic mass is 79.9. The predicted octanol–water partition coefficient (Wildman–Crippen LogP) is 7.13. The Morgan fingerprint density at radius 3 is 2.32 bits per heavy atom. The fraction of sp³-hybridized carbons (Fsp3) is 0.154. The maximum atomic E-state index is 13.5. The van der Waals surface area contributed by atoms with E-state index in [4.69, 9.17) is 4.98 Å². The van der Waals surface area contributed by atoms with Crippen molar-refractivity contribution in [1.29, 1.82) is 0 Å². The monoisotopic (exact) mass is 535 g/mol. The first kappa shape index (κ1) is 23.9. The SMILES string of the molecule is Cc1cc(C)c(CSc2nc(-c3ccc([N+](=O)[O-])cc3)cn2C(=O)c2ccccc2Br)c(C)c1. The molecular weight excluding hydrogens is 514 g/mol. The third kappa shape index (κ3) is 4.98. The van der Waals surface area contributed by atoms with Gasteiger partial charge in [-0.25, -0.2) is 4.98 Å². The fourth-order valence-corrected chi connectivity index (χ4v) is 5.46. The molecule has 0 saturated carbocycles. The zero-order valence-corrected chi connectivity index (χ0v) is 21.3. The molecule has 0 radical (unpaired) electrons. The lowest BCUT2D eigenvalue weighted by atomic mass is 10.0. The molecule has 1 heterocycles. The first-order valence-corrected chi connectivity index (χ1v) is 12.4. The highest BCUT2D eigenvalue weighted by molar-refractivity contribution is 9.10. The van der Waals surface area contributed by atoms with Gasteiger partial charge in [0, 0.05) is 34.1 Å². The standard InChI is InChI=1S/C26H22BrN3O3S/c1-16-12-17(2)22(18(3)13-16)15-34-26-28-24(19-8-10-20(11-9-19)30(32)33)14-29(26)25(31)21-6-4-5-7-23(21)27/h4-14H,15H2,1-3H3. The van der Waals surface area contributed by atoms with E-state index in [0.717, 1.165) is 0 Å². The Balaban J connectivity index is 1.73. The Hall–Kier alpha value is -3.23. The van der Waals surface area contributed by atoms with Crippen LogP contribution < -0.4 is 0 Å². The summed E-state index contributed by atoms with van der Waals surface area (Å²) in [5, 5.41) is 11.6. The number of carbonyl (C=O) groups is 1. The predicted molar refractivity (Wildman–Crippen MR) is 138 cm³/mol. The molecule has 0 saturated heterocycles. The average molecular weight is 536 g/mol. The minimum Gasteiger partial charge on any atom is -0.268 e. The van der Waals surface area contributed by atoms with Crippen LogP contribution in [0, 0.1) is 30.9 Å². The molecule has 34 heavy (non-hydrogen) atoms. The van der Waals surface area contributed by atoms with Crippen molar-refractivity contribution in [3.8, 4) is 11.3 Å². The van der Waals surface area contributed by atoms with Crippen LogP contribution in [0.5, 0.6) is 0 Å². The molecule has 8 heteroatoms. The van der Waals surface area contributed by atoms with Crippen LogP contribution in [0.3, 0.4) is 0 Å². The second-order valence-corrected chi connectivity index (χ2v) is 9.83. The van der Waals surface area contributed by atoms with Gasteiger partial charge < -0.3 is 0 Å². The molecule has 172 valence electrons. The van der Waals surface area contributed by atoms with E-state index in [1.54, 1.807) is 29.0 Å². The number of nitro groups is 1. The molecule has 0 bridgehead atoms. The maximum absolute atomic E-state index is 13.5. The molecule has 6 nitrogen and oxygen atoms in total. The highest BCUT2D eigenvalue weighted by Crippen LogP contribution is 2.31. The summed E-state index contributed by atoms with van der Waals surface area (Å²) in [5.74, 6) is 0.464. The summed E-state index contributed by atoms with van der Waals surface area (Å²) in [4.78, 5) is 28.8. The number of thioether (sulfide) groups is 1. The van der Waals surface area contributed by atoms with Crippen molar-refractivity contribution in [2.75, 3.05) is 0 Å². The van der Waals surface area contributed by atoms with Crippen molar-refractivity contribution in [2.24, 2.45) is 0 Å². The first-order chi connectivity index (χ1) is 16.2. The van der Waals surface area contributed by atoms with E-state index in [2.05, 4.69) is 48.8 Å². The van der Waals surface area contributed by atoms with Gasteiger partial charge in [0.15, 0.2) is 5.16 Å². The first-order valence-electron chi connectivity index (χ1n) is 10.6. The second-order valence-electron chi connectivity index (χ2n) is 8.03. The van der Waals surface area contributed by atoms with Gasteiger partial charge in [-0.15, -0.1) is 0 Å². The van der Waals surface area contributed by atoms with E-state index in [9.17, 15) is 14.9 Å². The van der Waals surface area contributed by atoms with Gasteiger partial charge in [-0.2, -0.15) is 0 Å². The van der Waals surface area contributed by atoms with Crippen molar-refractivity contribution >= 4 is 39.3 Å². The van der Waals surface area contributed by atoms with E-state index >= 15 is 0 Å². The minimum atomic E-state index is -0.438. The van der Waals surface area contributed by atoms with E-state index < -0.39 is 4.92 Å². The van der Waals surface area contributed by atoms with Crippen LogP contribution in [-0.2, 0) is 5.75 Å². The third-order valence-electron chi connectivity index (χ3n) is 5.56. The van der Waals surface area contributed by atoms with Crippen LogP contribution in [0.4, 0.5) is 5.69 Å². The largest absolute Gasteiger partial charge is 0.269 e. The average Bonchev–Trinajstić information content (AvgIpc) is 3.22. The summed E-state index contributed by atoms with van der Waals surface area (Å²) in [6, 6.07) is 17.8. The summed E-state index contributed by atoms with van der Waals surface area (Å²) < 4.78 is 2.26. The summed E-state index contributed by atoms with van der Waals surface area (Å²) in [6.45, 7) is 6.27. The van der Waals surface area contributed by atoms with E-state index in [1.807, 2.05) is 18.2 Å². The summed E-state index contributed by atoms with van der Waals surface area (Å²) in [5.41, 5.74) is 6.66. The Morgan fingerprint density at radius 1 is 1.06 bits per heavy atom. The lowest BCUT2D eigenvalue weighted by molar-refractivity contribution is -0.384. The quantitative estimate of drug-likeness (QED) is 0.149. The molecule has 0 N–H and O–H groups in total. The van der Waals surface area contributed by atoms with Crippen molar-refractivity contribution < 1.29 is 9.72 Å². The zero-order chi connectivity index (χ0) is 24.4. The molecular formula is C26H22BrN3O3S.